The number of rotatable bonds is 13. The summed E-state index contributed by atoms with van der Waals surface area (Å²) in [6, 6.07) is 15.3. The average molecular weight is 750 g/mol. The smallest absolute Gasteiger partial charge is 0.437 e. The summed E-state index contributed by atoms with van der Waals surface area (Å²) in [7, 11) is 0. The van der Waals surface area contributed by atoms with Crippen LogP contribution in [-0.2, 0) is 28.5 Å². The topological polar surface area (TPSA) is 194 Å². The van der Waals surface area contributed by atoms with Gasteiger partial charge in [-0.05, 0) is 88.6 Å². The van der Waals surface area contributed by atoms with Gasteiger partial charge < -0.3 is 29.0 Å². The van der Waals surface area contributed by atoms with E-state index in [2.05, 4.69) is 44.6 Å². The Labute approximate surface area is 315 Å². The number of benzene rings is 2. The third kappa shape index (κ3) is 12.2. The molecule has 1 N–H and O–H groups in total. The number of carbonyl (C=O) groups is 4. The summed E-state index contributed by atoms with van der Waals surface area (Å²) in [5.74, 6) is -0.860. The van der Waals surface area contributed by atoms with E-state index in [0.29, 0.717) is 19.3 Å². The molecule has 1 heterocycles. The second kappa shape index (κ2) is 19.2. The molecule has 0 saturated carbocycles. The predicted molar refractivity (Wildman–Crippen MR) is 200 cm³/mol. The number of hydrogen-bond donors (Lipinski definition) is 1. The fourth-order valence-corrected chi connectivity index (χ4v) is 6.08. The van der Waals surface area contributed by atoms with E-state index >= 15 is 0 Å². The monoisotopic (exact) mass is 749 g/mol. The lowest BCUT2D eigenvalue weighted by Gasteiger charge is -2.37. The second-order valence-electron chi connectivity index (χ2n) is 14.7. The van der Waals surface area contributed by atoms with E-state index in [0.717, 1.165) is 4.90 Å². The van der Waals surface area contributed by atoms with Crippen molar-refractivity contribution < 1.29 is 42.9 Å². The Morgan fingerprint density at radius 3 is 2.11 bits per heavy atom. The van der Waals surface area contributed by atoms with Crippen LogP contribution >= 0.6 is 0 Å². The molecule has 4 amide bonds. The van der Waals surface area contributed by atoms with E-state index in [9.17, 15) is 19.2 Å². The van der Waals surface area contributed by atoms with Crippen molar-refractivity contribution in [1.82, 2.24) is 15.1 Å². The van der Waals surface area contributed by atoms with Gasteiger partial charge in [-0.1, -0.05) is 53.6 Å². The molecule has 54 heavy (non-hydrogen) atoms. The van der Waals surface area contributed by atoms with E-state index in [-0.39, 0.29) is 64.5 Å². The molecule has 1 fully saturated rings. The normalized spacial score (nSPS) is 15.8. The number of hydrogen-bond acceptors (Lipinski definition) is 10. The summed E-state index contributed by atoms with van der Waals surface area (Å²) in [5.41, 5.74) is 11.2. The Hall–Kier alpha value is -5.18. The number of aliphatic imine (C=N–C) groups is 1. The van der Waals surface area contributed by atoms with Crippen LogP contribution in [0.15, 0.2) is 58.6 Å². The number of carbonyl (C=O) groups excluding carboxylic acids is 4. The van der Waals surface area contributed by atoms with Crippen molar-refractivity contribution in [2.45, 2.75) is 84.0 Å². The third-order valence-electron chi connectivity index (χ3n) is 8.24. The average Bonchev–Trinajstić information content (AvgIpc) is 3.41. The molecule has 0 bridgehead atoms. The highest BCUT2D eigenvalue weighted by molar-refractivity contribution is 6.08. The minimum absolute atomic E-state index is 0.0434. The molecule has 1 aliphatic heterocycles. The quantitative estimate of drug-likeness (QED) is 0.0437. The van der Waals surface area contributed by atoms with Crippen LogP contribution in [0.3, 0.4) is 0 Å². The largest absolute Gasteiger partial charge is 0.450 e. The summed E-state index contributed by atoms with van der Waals surface area (Å²) in [6.45, 7) is 10.8. The molecule has 1 saturated heterocycles. The van der Waals surface area contributed by atoms with Gasteiger partial charge in [0.15, 0.2) is 0 Å². The first-order valence-electron chi connectivity index (χ1n) is 18.1. The second-order valence-corrected chi connectivity index (χ2v) is 14.7. The van der Waals surface area contributed by atoms with Crippen LogP contribution in [0.1, 0.15) is 77.8 Å². The molecule has 0 radical (unpaired) electrons. The molecule has 0 unspecified atom stereocenters. The first-order chi connectivity index (χ1) is 25.7. The number of amides is 4. The Bertz CT molecular complexity index is 1670. The summed E-state index contributed by atoms with van der Waals surface area (Å²) in [6.07, 6.45) is -1.42. The maximum Gasteiger partial charge on any atom is 0.437 e. The maximum atomic E-state index is 14.0. The van der Waals surface area contributed by atoms with Crippen LogP contribution in [0, 0.1) is 0 Å². The predicted octanol–water partition coefficient (Wildman–Crippen LogP) is 6.78. The van der Waals surface area contributed by atoms with E-state index in [1.165, 1.54) is 27.2 Å². The van der Waals surface area contributed by atoms with Gasteiger partial charge in [0.05, 0.1) is 39.6 Å². The Morgan fingerprint density at radius 2 is 1.50 bits per heavy atom. The number of guanidine groups is 1. The highest BCUT2D eigenvalue weighted by Gasteiger charge is 2.39. The highest BCUT2D eigenvalue weighted by atomic mass is 16.6. The summed E-state index contributed by atoms with van der Waals surface area (Å²) >= 11 is 0. The maximum absolute atomic E-state index is 14.0. The number of azide groups is 1. The van der Waals surface area contributed by atoms with Crippen LogP contribution in [-0.4, -0.2) is 110 Å². The molecule has 0 spiro atoms. The molecule has 16 heteroatoms. The van der Waals surface area contributed by atoms with Crippen molar-refractivity contribution in [3.05, 3.63) is 70.1 Å². The van der Waals surface area contributed by atoms with Gasteiger partial charge in [-0.15, -0.1) is 4.99 Å². The van der Waals surface area contributed by atoms with Crippen LogP contribution in [0.25, 0.3) is 21.6 Å². The van der Waals surface area contributed by atoms with Crippen LogP contribution in [0.4, 0.5) is 14.4 Å². The van der Waals surface area contributed by atoms with Gasteiger partial charge >= 0.3 is 18.3 Å². The SMILES string of the molecule is CC(C)(C)OC(=O)/N=C(\N(CCOCCOCCN=[N+]=[N-])C(=O)OC(C)(C)C)N1CCC[C@H](NC(=O)OCCC2c3ccccc3-c3ccccc32)C1=O. The van der Waals surface area contributed by atoms with Gasteiger partial charge in [0.2, 0.25) is 5.96 Å². The number of alkyl carbamates (subject to hydrolysis) is 1. The lowest BCUT2D eigenvalue weighted by atomic mass is 9.94. The van der Waals surface area contributed by atoms with Gasteiger partial charge in [0.1, 0.15) is 17.2 Å². The number of nitrogens with one attached hydrogen (secondary N) is 1. The molecule has 2 aromatic carbocycles. The number of piperidine rings is 1. The molecule has 292 valence electrons. The van der Waals surface area contributed by atoms with Gasteiger partial charge in [0.25, 0.3) is 5.91 Å². The van der Waals surface area contributed by atoms with Gasteiger partial charge in [-0.25, -0.2) is 19.3 Å². The number of fused-ring (bicyclic) bond motifs is 3. The molecule has 0 aromatic heterocycles. The molecule has 2 aromatic rings. The first kappa shape index (κ1) is 41.6. The fourth-order valence-electron chi connectivity index (χ4n) is 6.08. The van der Waals surface area contributed by atoms with Crippen molar-refractivity contribution in [3.63, 3.8) is 0 Å². The van der Waals surface area contributed by atoms with Crippen molar-refractivity contribution in [2.75, 3.05) is 52.7 Å². The number of likely N-dealkylation sites (tertiary alicyclic amines) is 1. The molecular weight excluding hydrogens is 698 g/mol. The van der Waals surface area contributed by atoms with E-state index < -0.39 is 41.4 Å². The third-order valence-corrected chi connectivity index (χ3v) is 8.24. The molecule has 2 aliphatic rings. The summed E-state index contributed by atoms with van der Waals surface area (Å²) in [5, 5.41) is 6.08. The van der Waals surface area contributed by atoms with Crippen molar-refractivity contribution >= 4 is 30.1 Å². The number of nitrogens with zero attached hydrogens (tertiary/aromatic N) is 6. The molecule has 4 rings (SSSR count). The molecule has 1 atom stereocenters. The minimum Gasteiger partial charge on any atom is -0.450 e. The van der Waals surface area contributed by atoms with E-state index in [1.54, 1.807) is 41.5 Å². The zero-order valence-corrected chi connectivity index (χ0v) is 31.9. The van der Waals surface area contributed by atoms with E-state index in [4.69, 9.17) is 29.2 Å². The van der Waals surface area contributed by atoms with Crippen molar-refractivity contribution in [3.8, 4) is 11.1 Å². The Morgan fingerprint density at radius 1 is 0.889 bits per heavy atom. The van der Waals surface area contributed by atoms with E-state index in [1.807, 2.05) is 24.3 Å². The summed E-state index contributed by atoms with van der Waals surface area (Å²) in [4.78, 5) is 62.9. The highest BCUT2D eigenvalue weighted by Crippen LogP contribution is 2.46. The zero-order valence-electron chi connectivity index (χ0n) is 31.9. The number of ether oxygens (including phenoxy) is 5. The van der Waals surface area contributed by atoms with Crippen molar-refractivity contribution in [1.29, 1.82) is 0 Å². The van der Waals surface area contributed by atoms with Crippen LogP contribution in [0.2, 0.25) is 0 Å². The minimum atomic E-state index is -1.03. The lowest BCUT2D eigenvalue weighted by Crippen LogP contribution is -2.59. The summed E-state index contributed by atoms with van der Waals surface area (Å²) < 4.78 is 27.7. The molecule has 16 nitrogen and oxygen atoms in total. The molecule has 1 aliphatic carbocycles. The standard InChI is InChI=1S/C38H51N7O9/c1-37(2,3)53-35(48)42-33(45(36(49)54-38(4,5)6)20-23-51-25-24-50-22-18-40-43-39)44-19-11-16-31(32(44)46)41-34(47)52-21-17-30-28-14-9-7-12-26(28)27-13-8-10-15-29(27)30/h7-10,12-15,30-31H,11,16-25H2,1-6H3,(H,41,47)/b42-33-/t31-/m0/s1. The zero-order chi connectivity index (χ0) is 39.3. The van der Waals surface area contributed by atoms with Gasteiger partial charge in [0, 0.05) is 23.9 Å². The van der Waals surface area contributed by atoms with Crippen molar-refractivity contribution in [2.24, 2.45) is 10.1 Å². The van der Waals surface area contributed by atoms with Crippen LogP contribution < -0.4 is 5.32 Å². The Kier molecular flexibility index (Phi) is 14.8. The fraction of sp³-hybridized carbons (Fsp3) is 0.553. The Balaban J connectivity index is 1.46. The lowest BCUT2D eigenvalue weighted by molar-refractivity contribution is -0.132. The first-order valence-corrected chi connectivity index (χ1v) is 18.1. The van der Waals surface area contributed by atoms with Crippen LogP contribution in [0.5, 0.6) is 0 Å². The van der Waals surface area contributed by atoms with Gasteiger partial charge in [-0.3, -0.25) is 9.69 Å². The molecular formula is C38H51N7O9. The van der Waals surface area contributed by atoms with Gasteiger partial charge in [-0.2, -0.15) is 0 Å².